The van der Waals surface area contributed by atoms with Gasteiger partial charge < -0.3 is 10.5 Å². The number of rotatable bonds is 3. The second-order valence-electron chi connectivity index (χ2n) is 4.63. The van der Waals surface area contributed by atoms with E-state index in [2.05, 4.69) is 15.5 Å². The Morgan fingerprint density at radius 2 is 1.90 bits per heavy atom. The molecule has 0 saturated heterocycles. The van der Waals surface area contributed by atoms with E-state index in [1.807, 2.05) is 43.3 Å². The molecule has 1 aromatic heterocycles. The Balaban J connectivity index is 2.24. The van der Waals surface area contributed by atoms with Crippen LogP contribution in [0.1, 0.15) is 5.56 Å². The number of hydrogen-bond acceptors (Lipinski definition) is 5. The zero-order chi connectivity index (χ0) is 14.8. The molecule has 21 heavy (non-hydrogen) atoms. The van der Waals surface area contributed by atoms with Crippen LogP contribution in [-0.2, 0) is 0 Å². The van der Waals surface area contributed by atoms with Crippen molar-refractivity contribution >= 4 is 5.69 Å². The lowest BCUT2D eigenvalue weighted by atomic mass is 10.1. The first kappa shape index (κ1) is 13.1. The van der Waals surface area contributed by atoms with Gasteiger partial charge in [-0.2, -0.15) is 4.68 Å². The standard InChI is InChI=1S/C15H15N5O/c1-10-6-3-4-8-12(10)20-15(17-18-19-20)14-11(16)7-5-9-13(14)21-2/h3-9H,16H2,1-2H3. The lowest BCUT2D eigenvalue weighted by molar-refractivity contribution is 0.416. The van der Waals surface area contributed by atoms with Gasteiger partial charge in [0.1, 0.15) is 5.75 Å². The first-order valence-corrected chi connectivity index (χ1v) is 6.49. The molecule has 0 bridgehead atoms. The molecular weight excluding hydrogens is 266 g/mol. The third-order valence-electron chi connectivity index (χ3n) is 3.32. The summed E-state index contributed by atoms with van der Waals surface area (Å²) in [5, 5.41) is 12.0. The molecule has 0 aliphatic heterocycles. The number of methoxy groups -OCH3 is 1. The van der Waals surface area contributed by atoms with E-state index in [4.69, 9.17) is 10.5 Å². The van der Waals surface area contributed by atoms with Gasteiger partial charge in [-0.1, -0.05) is 24.3 Å². The van der Waals surface area contributed by atoms with E-state index in [9.17, 15) is 0 Å². The molecule has 6 heteroatoms. The van der Waals surface area contributed by atoms with Crippen molar-refractivity contribution in [2.75, 3.05) is 12.8 Å². The molecule has 0 saturated carbocycles. The van der Waals surface area contributed by atoms with E-state index in [-0.39, 0.29) is 0 Å². The van der Waals surface area contributed by atoms with Gasteiger partial charge in [-0.05, 0) is 41.1 Å². The molecule has 0 radical (unpaired) electrons. The van der Waals surface area contributed by atoms with Crippen molar-refractivity contribution in [2.24, 2.45) is 0 Å². The minimum Gasteiger partial charge on any atom is -0.496 e. The Kier molecular flexibility index (Phi) is 3.27. The topological polar surface area (TPSA) is 78.8 Å². The van der Waals surface area contributed by atoms with Gasteiger partial charge in [-0.15, -0.1) is 5.10 Å². The van der Waals surface area contributed by atoms with Crippen molar-refractivity contribution in [3.8, 4) is 22.8 Å². The highest BCUT2D eigenvalue weighted by molar-refractivity contribution is 5.78. The predicted molar refractivity (Wildman–Crippen MR) is 80.3 cm³/mol. The summed E-state index contributed by atoms with van der Waals surface area (Å²) in [6.07, 6.45) is 0. The average molecular weight is 281 g/mol. The van der Waals surface area contributed by atoms with Gasteiger partial charge in [0.2, 0.25) is 0 Å². The number of benzene rings is 2. The highest BCUT2D eigenvalue weighted by Gasteiger charge is 2.18. The molecule has 3 aromatic rings. The smallest absolute Gasteiger partial charge is 0.192 e. The highest BCUT2D eigenvalue weighted by Crippen LogP contribution is 2.34. The molecule has 0 amide bonds. The molecule has 6 nitrogen and oxygen atoms in total. The zero-order valence-corrected chi connectivity index (χ0v) is 11.8. The van der Waals surface area contributed by atoms with Crippen LogP contribution in [0.2, 0.25) is 0 Å². The lowest BCUT2D eigenvalue weighted by Gasteiger charge is -2.12. The fraction of sp³-hybridized carbons (Fsp3) is 0.133. The first-order valence-electron chi connectivity index (χ1n) is 6.49. The number of anilines is 1. The molecule has 1 heterocycles. The van der Waals surface area contributed by atoms with Crippen molar-refractivity contribution in [1.82, 2.24) is 20.2 Å². The van der Waals surface area contributed by atoms with E-state index < -0.39 is 0 Å². The summed E-state index contributed by atoms with van der Waals surface area (Å²) in [7, 11) is 1.60. The lowest BCUT2D eigenvalue weighted by Crippen LogP contribution is -2.04. The van der Waals surface area contributed by atoms with Gasteiger partial charge in [-0.3, -0.25) is 0 Å². The van der Waals surface area contributed by atoms with Crippen LogP contribution in [0.15, 0.2) is 42.5 Å². The van der Waals surface area contributed by atoms with Crippen molar-refractivity contribution < 1.29 is 4.74 Å². The van der Waals surface area contributed by atoms with Crippen molar-refractivity contribution in [3.63, 3.8) is 0 Å². The number of ether oxygens (including phenoxy) is 1. The summed E-state index contributed by atoms with van der Waals surface area (Å²) in [6.45, 7) is 2.01. The second kappa shape index (κ2) is 5.24. The third-order valence-corrected chi connectivity index (χ3v) is 3.32. The number of para-hydroxylation sites is 1. The van der Waals surface area contributed by atoms with Gasteiger partial charge in [0.15, 0.2) is 5.82 Å². The van der Waals surface area contributed by atoms with Crippen LogP contribution in [0.25, 0.3) is 17.1 Å². The Hall–Kier alpha value is -2.89. The fourth-order valence-corrected chi connectivity index (χ4v) is 2.26. The van der Waals surface area contributed by atoms with Gasteiger partial charge in [0.25, 0.3) is 0 Å². The van der Waals surface area contributed by atoms with Gasteiger partial charge in [0.05, 0.1) is 18.4 Å². The SMILES string of the molecule is COc1cccc(N)c1-c1nnnn1-c1ccccc1C. The number of nitrogens with zero attached hydrogens (tertiary/aromatic N) is 4. The number of aryl methyl sites for hydroxylation is 1. The molecule has 0 atom stereocenters. The van der Waals surface area contributed by atoms with Crippen LogP contribution in [0.5, 0.6) is 5.75 Å². The Labute approximate surface area is 122 Å². The minimum atomic E-state index is 0.555. The highest BCUT2D eigenvalue weighted by atomic mass is 16.5. The molecule has 0 unspecified atom stereocenters. The number of hydrogen-bond donors (Lipinski definition) is 1. The van der Waals surface area contributed by atoms with Crippen LogP contribution in [0.4, 0.5) is 5.69 Å². The molecule has 106 valence electrons. The second-order valence-corrected chi connectivity index (χ2v) is 4.63. The molecular formula is C15H15N5O. The van der Waals surface area contributed by atoms with Crippen LogP contribution in [0, 0.1) is 6.92 Å². The van der Waals surface area contributed by atoms with Gasteiger partial charge in [0, 0.05) is 5.69 Å². The zero-order valence-electron chi connectivity index (χ0n) is 11.8. The maximum absolute atomic E-state index is 6.08. The monoisotopic (exact) mass is 281 g/mol. The quantitative estimate of drug-likeness (QED) is 0.745. The molecule has 2 aromatic carbocycles. The normalized spacial score (nSPS) is 10.6. The van der Waals surface area contributed by atoms with Crippen molar-refractivity contribution in [1.29, 1.82) is 0 Å². The summed E-state index contributed by atoms with van der Waals surface area (Å²) >= 11 is 0. The van der Waals surface area contributed by atoms with E-state index in [0.29, 0.717) is 22.8 Å². The van der Waals surface area contributed by atoms with E-state index in [1.165, 1.54) is 0 Å². The summed E-state index contributed by atoms with van der Waals surface area (Å²) in [4.78, 5) is 0. The maximum Gasteiger partial charge on any atom is 0.192 e. The molecule has 0 fully saturated rings. The molecule has 3 rings (SSSR count). The molecule has 0 spiro atoms. The number of aromatic nitrogens is 4. The number of tetrazole rings is 1. The largest absolute Gasteiger partial charge is 0.496 e. The van der Waals surface area contributed by atoms with E-state index in [0.717, 1.165) is 11.3 Å². The Bertz CT molecular complexity index is 781. The van der Waals surface area contributed by atoms with Crippen LogP contribution in [-0.4, -0.2) is 27.3 Å². The molecule has 0 aliphatic rings. The van der Waals surface area contributed by atoms with Gasteiger partial charge >= 0.3 is 0 Å². The maximum atomic E-state index is 6.08. The number of nitrogen functional groups attached to an aromatic ring is 1. The Morgan fingerprint density at radius 1 is 1.10 bits per heavy atom. The molecule has 2 N–H and O–H groups in total. The molecule has 0 aliphatic carbocycles. The number of nitrogens with two attached hydrogens (primary N) is 1. The fourth-order valence-electron chi connectivity index (χ4n) is 2.26. The predicted octanol–water partition coefficient (Wildman–Crippen LogP) is 2.23. The van der Waals surface area contributed by atoms with E-state index in [1.54, 1.807) is 17.9 Å². The Morgan fingerprint density at radius 3 is 2.67 bits per heavy atom. The van der Waals surface area contributed by atoms with Crippen LogP contribution < -0.4 is 10.5 Å². The van der Waals surface area contributed by atoms with Crippen LogP contribution in [0.3, 0.4) is 0 Å². The minimum absolute atomic E-state index is 0.555. The summed E-state index contributed by atoms with van der Waals surface area (Å²) < 4.78 is 7.05. The third kappa shape index (κ3) is 2.20. The summed E-state index contributed by atoms with van der Waals surface area (Å²) in [5.74, 6) is 1.19. The van der Waals surface area contributed by atoms with Crippen molar-refractivity contribution in [2.45, 2.75) is 6.92 Å². The van der Waals surface area contributed by atoms with E-state index >= 15 is 0 Å². The first-order chi connectivity index (χ1) is 10.2. The summed E-state index contributed by atoms with van der Waals surface area (Å²) in [5.41, 5.74) is 9.32. The average Bonchev–Trinajstić information content (AvgIpc) is 2.96. The summed E-state index contributed by atoms with van der Waals surface area (Å²) in [6, 6.07) is 13.4. The van der Waals surface area contributed by atoms with Gasteiger partial charge in [-0.25, -0.2) is 0 Å². The van der Waals surface area contributed by atoms with Crippen molar-refractivity contribution in [3.05, 3.63) is 48.0 Å². The van der Waals surface area contributed by atoms with Crippen LogP contribution >= 0.6 is 0 Å².